The summed E-state index contributed by atoms with van der Waals surface area (Å²) in [6.07, 6.45) is 0. The van der Waals surface area contributed by atoms with Crippen molar-refractivity contribution in [2.45, 2.75) is 19.9 Å². The highest BCUT2D eigenvalue weighted by molar-refractivity contribution is 4.32. The minimum absolute atomic E-state index is 0.333. The third kappa shape index (κ3) is 77.1. The van der Waals surface area contributed by atoms with Crippen LogP contribution >= 0.6 is 0 Å². The van der Waals surface area contributed by atoms with Crippen LogP contribution in [0.3, 0.4) is 0 Å². The predicted molar refractivity (Wildman–Crippen MR) is 38.2 cm³/mol. The maximum Gasteiger partial charge on any atom is 0.145 e. The average Bonchev–Trinajstić information content (AvgIpc) is 1.66. The van der Waals surface area contributed by atoms with Crippen molar-refractivity contribution in [3.63, 3.8) is 0 Å². The van der Waals surface area contributed by atoms with Crippen molar-refractivity contribution < 1.29 is 9.47 Å². The molecular weight excluding hydrogens is 118 g/mol. The van der Waals surface area contributed by atoms with Crippen molar-refractivity contribution in [3.05, 3.63) is 0 Å². The van der Waals surface area contributed by atoms with E-state index in [1.165, 1.54) is 0 Å². The van der Waals surface area contributed by atoms with Gasteiger partial charge in [0.05, 0.1) is 0 Å². The molecule has 0 aromatic carbocycles. The molecule has 0 bridgehead atoms. The number of hydrogen-bond acceptors (Lipinski definition) is 3. The molecule has 0 saturated carbocycles. The molecule has 3 heteroatoms. The molecule has 0 rings (SSSR count). The van der Waals surface area contributed by atoms with E-state index < -0.39 is 0 Å². The van der Waals surface area contributed by atoms with Crippen LogP contribution in [0, 0.1) is 0 Å². The topological polar surface area (TPSA) is 44.5 Å². The summed E-state index contributed by atoms with van der Waals surface area (Å²) in [5, 5.41) is 0. The Morgan fingerprint density at radius 2 is 1.44 bits per heavy atom. The summed E-state index contributed by atoms with van der Waals surface area (Å²) in [5.74, 6) is 0. The SMILES string of the molecule is CC(C)N.COCOC. The first-order chi connectivity index (χ1) is 4.15. The summed E-state index contributed by atoms with van der Waals surface area (Å²) in [7, 11) is 3.17. The van der Waals surface area contributed by atoms with Crippen LogP contribution < -0.4 is 5.73 Å². The Hall–Kier alpha value is -0.120. The normalized spacial score (nSPS) is 8.67. The van der Waals surface area contributed by atoms with Gasteiger partial charge < -0.3 is 15.2 Å². The molecule has 58 valence electrons. The lowest BCUT2D eigenvalue weighted by Gasteiger charge is -1.87. The van der Waals surface area contributed by atoms with E-state index in [0.717, 1.165) is 0 Å². The number of hydrogen-bond donors (Lipinski definition) is 1. The fraction of sp³-hybridized carbons (Fsp3) is 1.00. The van der Waals surface area contributed by atoms with Crippen LogP contribution in [0.5, 0.6) is 0 Å². The minimum atomic E-state index is 0.333. The van der Waals surface area contributed by atoms with Gasteiger partial charge in [-0.3, -0.25) is 0 Å². The summed E-state index contributed by atoms with van der Waals surface area (Å²) in [5.41, 5.74) is 5.11. The highest BCUT2D eigenvalue weighted by Gasteiger charge is 1.67. The summed E-state index contributed by atoms with van der Waals surface area (Å²) in [6, 6.07) is 0.333. The molecule has 0 atom stereocenters. The van der Waals surface area contributed by atoms with E-state index in [1.54, 1.807) is 14.2 Å². The maximum atomic E-state index is 5.11. The molecule has 0 unspecified atom stereocenters. The number of ether oxygens (including phenoxy) is 2. The van der Waals surface area contributed by atoms with Gasteiger partial charge in [0, 0.05) is 14.2 Å². The number of rotatable bonds is 2. The first-order valence-corrected chi connectivity index (χ1v) is 2.88. The lowest BCUT2D eigenvalue weighted by atomic mass is 10.5. The van der Waals surface area contributed by atoms with Gasteiger partial charge in [-0.2, -0.15) is 0 Å². The molecule has 0 amide bonds. The summed E-state index contributed by atoms with van der Waals surface area (Å²) in [6.45, 7) is 4.28. The molecule has 0 spiro atoms. The molecular formula is C6H17NO2. The van der Waals surface area contributed by atoms with Crippen LogP contribution in [0.4, 0.5) is 0 Å². The third-order valence-electron chi connectivity index (χ3n) is 0.236. The standard InChI is InChI=1S/C3H9N.C3H8O2/c1-3(2)4;1-4-3-5-2/h3H,4H2,1-2H3;3H2,1-2H3. The van der Waals surface area contributed by atoms with E-state index >= 15 is 0 Å². The molecule has 0 heterocycles. The number of nitrogens with two attached hydrogens (primary N) is 1. The van der Waals surface area contributed by atoms with Gasteiger partial charge in [-0.05, 0) is 6.04 Å². The van der Waals surface area contributed by atoms with Crippen molar-refractivity contribution in [2.24, 2.45) is 5.73 Å². The van der Waals surface area contributed by atoms with Crippen LogP contribution in [0.15, 0.2) is 0 Å². The Balaban J connectivity index is 0. The Bertz CT molecular complexity index is 35.3. The second-order valence-corrected chi connectivity index (χ2v) is 1.94. The molecule has 0 aliphatic rings. The van der Waals surface area contributed by atoms with Crippen molar-refractivity contribution in [1.29, 1.82) is 0 Å². The second-order valence-electron chi connectivity index (χ2n) is 1.94. The van der Waals surface area contributed by atoms with Crippen LogP contribution in [0.2, 0.25) is 0 Å². The van der Waals surface area contributed by atoms with Crippen molar-refractivity contribution >= 4 is 0 Å². The van der Waals surface area contributed by atoms with Crippen LogP contribution in [0.25, 0.3) is 0 Å². The monoisotopic (exact) mass is 135 g/mol. The third-order valence-corrected chi connectivity index (χ3v) is 0.236. The van der Waals surface area contributed by atoms with Gasteiger partial charge in [0.2, 0.25) is 0 Å². The Labute approximate surface area is 57.1 Å². The molecule has 0 aromatic rings. The van der Waals surface area contributed by atoms with E-state index in [9.17, 15) is 0 Å². The van der Waals surface area contributed by atoms with Crippen molar-refractivity contribution in [3.8, 4) is 0 Å². The van der Waals surface area contributed by atoms with E-state index in [1.807, 2.05) is 13.8 Å². The number of methoxy groups -OCH3 is 2. The maximum absolute atomic E-state index is 5.11. The average molecular weight is 135 g/mol. The zero-order chi connectivity index (χ0) is 7.70. The molecule has 0 radical (unpaired) electrons. The Morgan fingerprint density at radius 1 is 1.22 bits per heavy atom. The minimum Gasteiger partial charge on any atom is -0.359 e. The predicted octanol–water partition coefficient (Wildman–Crippen LogP) is 0.590. The van der Waals surface area contributed by atoms with Crippen molar-refractivity contribution in [1.82, 2.24) is 0 Å². The fourth-order valence-electron chi connectivity index (χ4n) is 0.118. The van der Waals surface area contributed by atoms with E-state index in [-0.39, 0.29) is 0 Å². The van der Waals surface area contributed by atoms with E-state index in [2.05, 4.69) is 9.47 Å². The molecule has 3 nitrogen and oxygen atoms in total. The van der Waals surface area contributed by atoms with Gasteiger partial charge in [-0.25, -0.2) is 0 Å². The quantitative estimate of drug-likeness (QED) is 0.564. The zero-order valence-corrected chi connectivity index (χ0v) is 6.68. The van der Waals surface area contributed by atoms with Gasteiger partial charge in [0.25, 0.3) is 0 Å². The lowest BCUT2D eigenvalue weighted by molar-refractivity contribution is -0.00271. The van der Waals surface area contributed by atoms with E-state index in [0.29, 0.717) is 12.8 Å². The van der Waals surface area contributed by atoms with Gasteiger partial charge in [0.1, 0.15) is 6.79 Å². The molecule has 9 heavy (non-hydrogen) atoms. The summed E-state index contributed by atoms with van der Waals surface area (Å²) in [4.78, 5) is 0. The Kier molecular flexibility index (Phi) is 14.0. The van der Waals surface area contributed by atoms with Gasteiger partial charge in [-0.15, -0.1) is 0 Å². The van der Waals surface area contributed by atoms with Gasteiger partial charge in [-0.1, -0.05) is 13.8 Å². The largest absolute Gasteiger partial charge is 0.359 e. The van der Waals surface area contributed by atoms with E-state index in [4.69, 9.17) is 5.73 Å². The highest BCUT2D eigenvalue weighted by Crippen LogP contribution is 1.60. The van der Waals surface area contributed by atoms with Crippen LogP contribution in [-0.2, 0) is 9.47 Å². The smallest absolute Gasteiger partial charge is 0.145 e. The molecule has 0 aliphatic heterocycles. The molecule has 0 aromatic heterocycles. The first-order valence-electron chi connectivity index (χ1n) is 2.88. The Morgan fingerprint density at radius 3 is 1.44 bits per heavy atom. The molecule has 0 fully saturated rings. The highest BCUT2D eigenvalue weighted by atomic mass is 16.6. The summed E-state index contributed by atoms with van der Waals surface area (Å²) >= 11 is 0. The van der Waals surface area contributed by atoms with Crippen LogP contribution in [-0.4, -0.2) is 27.1 Å². The van der Waals surface area contributed by atoms with Crippen LogP contribution in [0.1, 0.15) is 13.8 Å². The fourth-order valence-corrected chi connectivity index (χ4v) is 0.118. The first kappa shape index (κ1) is 11.6. The molecule has 2 N–H and O–H groups in total. The van der Waals surface area contributed by atoms with Crippen molar-refractivity contribution in [2.75, 3.05) is 21.0 Å². The molecule has 0 saturated heterocycles. The lowest BCUT2D eigenvalue weighted by Crippen LogP contribution is -2.06. The molecule has 0 aliphatic carbocycles. The summed E-state index contributed by atoms with van der Waals surface area (Å²) < 4.78 is 8.94. The van der Waals surface area contributed by atoms with Gasteiger partial charge >= 0.3 is 0 Å². The van der Waals surface area contributed by atoms with Gasteiger partial charge in [0.15, 0.2) is 0 Å². The second kappa shape index (κ2) is 10.8. The zero-order valence-electron chi connectivity index (χ0n) is 6.68.